The number of methoxy groups -OCH3 is 1. The minimum Gasteiger partial charge on any atom is -0.383 e. The maximum absolute atomic E-state index is 13.5. The summed E-state index contributed by atoms with van der Waals surface area (Å²) in [7, 11) is 1.52. The Kier molecular flexibility index (Phi) is 5.06. The molecule has 5 heteroatoms. The van der Waals surface area contributed by atoms with E-state index in [-0.39, 0.29) is 18.2 Å². The quantitative estimate of drug-likeness (QED) is 0.801. The summed E-state index contributed by atoms with van der Waals surface area (Å²) in [4.78, 5) is 11.8. The maximum Gasteiger partial charge on any atom is 0.254 e. The molecule has 0 radical (unpaired) electrons. The average Bonchev–Trinajstić information content (AvgIpc) is 2.28. The fraction of sp³-hybridized carbons (Fsp3) is 0.417. The van der Waals surface area contributed by atoms with E-state index in [0.717, 1.165) is 5.56 Å². The molecule has 0 aliphatic heterocycles. The molecule has 1 unspecified atom stereocenters. The lowest BCUT2D eigenvalue weighted by Gasteiger charge is -2.16. The fourth-order valence-electron chi connectivity index (χ4n) is 1.44. The predicted molar refractivity (Wildman–Crippen MR) is 63.3 cm³/mol. The van der Waals surface area contributed by atoms with Gasteiger partial charge in [0.25, 0.3) is 5.91 Å². The number of nitrogens with two attached hydrogens (primary N) is 1. The zero-order chi connectivity index (χ0) is 12.8. The molecule has 94 valence electrons. The summed E-state index contributed by atoms with van der Waals surface area (Å²) in [5.74, 6) is -1.01. The number of amides is 1. The molecule has 1 amide bonds. The van der Waals surface area contributed by atoms with E-state index in [1.54, 1.807) is 13.0 Å². The van der Waals surface area contributed by atoms with Crippen LogP contribution in [0, 0.1) is 12.7 Å². The van der Waals surface area contributed by atoms with Crippen molar-refractivity contribution in [2.45, 2.75) is 13.0 Å². The number of carbonyl (C=O) groups is 1. The molecule has 0 saturated heterocycles. The minimum absolute atomic E-state index is 0.0187. The van der Waals surface area contributed by atoms with Gasteiger partial charge in [0.1, 0.15) is 5.82 Å². The van der Waals surface area contributed by atoms with E-state index >= 15 is 0 Å². The predicted octanol–water partition coefficient (Wildman–Crippen LogP) is 0.838. The van der Waals surface area contributed by atoms with E-state index in [2.05, 4.69) is 5.32 Å². The van der Waals surface area contributed by atoms with Crippen LogP contribution in [0.15, 0.2) is 18.2 Å². The number of ether oxygens (including phenoxy) is 1. The molecule has 0 bridgehead atoms. The van der Waals surface area contributed by atoms with Crippen LogP contribution in [0.2, 0.25) is 0 Å². The van der Waals surface area contributed by atoms with E-state index in [9.17, 15) is 9.18 Å². The number of rotatable bonds is 5. The van der Waals surface area contributed by atoms with Crippen LogP contribution in [-0.2, 0) is 4.74 Å². The third-order valence-electron chi connectivity index (χ3n) is 2.36. The van der Waals surface area contributed by atoms with Gasteiger partial charge in [-0.25, -0.2) is 4.39 Å². The van der Waals surface area contributed by atoms with Crippen LogP contribution in [0.1, 0.15) is 15.9 Å². The number of hydrogen-bond acceptors (Lipinski definition) is 3. The molecule has 0 spiro atoms. The van der Waals surface area contributed by atoms with Crippen molar-refractivity contribution in [3.63, 3.8) is 0 Å². The summed E-state index contributed by atoms with van der Waals surface area (Å²) < 4.78 is 18.4. The average molecular weight is 240 g/mol. The number of halogens is 1. The molecule has 0 aromatic heterocycles. The second-order valence-electron chi connectivity index (χ2n) is 3.84. The van der Waals surface area contributed by atoms with Crippen LogP contribution in [0.5, 0.6) is 0 Å². The highest BCUT2D eigenvalue weighted by atomic mass is 19.1. The molecule has 0 heterocycles. The lowest BCUT2D eigenvalue weighted by atomic mass is 10.1. The highest BCUT2D eigenvalue weighted by Gasteiger charge is 2.15. The number of aryl methyl sites for hydroxylation is 1. The molecule has 0 aliphatic rings. The number of hydrogen-bond donors (Lipinski definition) is 2. The van der Waals surface area contributed by atoms with Gasteiger partial charge >= 0.3 is 0 Å². The van der Waals surface area contributed by atoms with Crippen LogP contribution < -0.4 is 11.1 Å². The summed E-state index contributed by atoms with van der Waals surface area (Å²) in [5, 5.41) is 2.62. The minimum atomic E-state index is -0.532. The van der Waals surface area contributed by atoms with Gasteiger partial charge < -0.3 is 15.8 Å². The summed E-state index contributed by atoms with van der Waals surface area (Å²) in [6, 6.07) is 4.16. The zero-order valence-electron chi connectivity index (χ0n) is 10.00. The Morgan fingerprint density at radius 2 is 2.29 bits per heavy atom. The monoisotopic (exact) mass is 240 g/mol. The molecule has 3 N–H and O–H groups in total. The van der Waals surface area contributed by atoms with E-state index in [0.29, 0.717) is 6.61 Å². The normalized spacial score (nSPS) is 12.2. The fourth-order valence-corrected chi connectivity index (χ4v) is 1.44. The van der Waals surface area contributed by atoms with Gasteiger partial charge in [0.15, 0.2) is 0 Å². The molecule has 1 aromatic rings. The molecule has 0 saturated carbocycles. The van der Waals surface area contributed by atoms with Crippen molar-refractivity contribution in [2.24, 2.45) is 5.73 Å². The Balaban J connectivity index is 2.75. The highest BCUT2D eigenvalue weighted by Crippen LogP contribution is 2.09. The Morgan fingerprint density at radius 1 is 1.59 bits per heavy atom. The first-order chi connectivity index (χ1) is 8.08. The Hall–Kier alpha value is -1.46. The van der Waals surface area contributed by atoms with E-state index in [1.165, 1.54) is 19.2 Å². The van der Waals surface area contributed by atoms with Gasteiger partial charge in [-0.3, -0.25) is 4.79 Å². The number of nitrogens with one attached hydrogen (secondary N) is 1. The Morgan fingerprint density at radius 3 is 2.82 bits per heavy atom. The van der Waals surface area contributed by atoms with Crippen LogP contribution in [0.4, 0.5) is 4.39 Å². The summed E-state index contributed by atoms with van der Waals surface area (Å²) in [6.07, 6.45) is 0. The maximum atomic E-state index is 13.5. The molecule has 1 aromatic carbocycles. The van der Waals surface area contributed by atoms with Gasteiger partial charge in [0, 0.05) is 13.7 Å². The standard InChI is InChI=1S/C12H17FN2O2/c1-8-3-4-10(11(13)5-8)12(16)15-9(6-14)7-17-2/h3-5,9H,6-7,14H2,1-2H3,(H,15,16). The molecule has 0 aliphatic carbocycles. The van der Waals surface area contributed by atoms with Crippen molar-refractivity contribution in [3.8, 4) is 0 Å². The molecule has 4 nitrogen and oxygen atoms in total. The highest BCUT2D eigenvalue weighted by molar-refractivity contribution is 5.94. The number of benzene rings is 1. The van der Waals surface area contributed by atoms with Gasteiger partial charge in [-0.1, -0.05) is 6.07 Å². The van der Waals surface area contributed by atoms with E-state index in [1.807, 2.05) is 0 Å². The summed E-state index contributed by atoms with van der Waals surface area (Å²) >= 11 is 0. The molecule has 0 fully saturated rings. The third kappa shape index (κ3) is 3.80. The van der Waals surface area contributed by atoms with Crippen LogP contribution in [-0.4, -0.2) is 32.2 Å². The molecule has 1 atom stereocenters. The van der Waals surface area contributed by atoms with Crippen LogP contribution in [0.3, 0.4) is 0 Å². The summed E-state index contributed by atoms with van der Waals surface area (Å²) in [5.41, 5.74) is 6.25. The first-order valence-corrected chi connectivity index (χ1v) is 5.34. The SMILES string of the molecule is COCC(CN)NC(=O)c1ccc(C)cc1F. The van der Waals surface area contributed by atoms with E-state index in [4.69, 9.17) is 10.5 Å². The Bertz CT molecular complexity index is 396. The van der Waals surface area contributed by atoms with Crippen molar-refractivity contribution in [3.05, 3.63) is 35.1 Å². The van der Waals surface area contributed by atoms with Gasteiger partial charge in [0.2, 0.25) is 0 Å². The van der Waals surface area contributed by atoms with E-state index < -0.39 is 11.7 Å². The number of carbonyl (C=O) groups excluding carboxylic acids is 1. The smallest absolute Gasteiger partial charge is 0.254 e. The molecule has 1 rings (SSSR count). The third-order valence-corrected chi connectivity index (χ3v) is 2.36. The van der Waals surface area contributed by atoms with Gasteiger partial charge in [-0.15, -0.1) is 0 Å². The van der Waals surface area contributed by atoms with Crippen molar-refractivity contribution in [2.75, 3.05) is 20.3 Å². The molecule has 17 heavy (non-hydrogen) atoms. The van der Waals surface area contributed by atoms with Crippen LogP contribution in [0.25, 0.3) is 0 Å². The second kappa shape index (κ2) is 6.32. The summed E-state index contributed by atoms with van der Waals surface area (Å²) in [6.45, 7) is 2.31. The largest absolute Gasteiger partial charge is 0.383 e. The second-order valence-corrected chi connectivity index (χ2v) is 3.84. The lowest BCUT2D eigenvalue weighted by molar-refractivity contribution is 0.0896. The van der Waals surface area contributed by atoms with Crippen molar-refractivity contribution in [1.82, 2.24) is 5.32 Å². The van der Waals surface area contributed by atoms with Crippen LogP contribution >= 0.6 is 0 Å². The first kappa shape index (κ1) is 13.6. The van der Waals surface area contributed by atoms with Gasteiger partial charge in [-0.05, 0) is 24.6 Å². The first-order valence-electron chi connectivity index (χ1n) is 5.34. The van der Waals surface area contributed by atoms with Crippen molar-refractivity contribution in [1.29, 1.82) is 0 Å². The van der Waals surface area contributed by atoms with Crippen molar-refractivity contribution < 1.29 is 13.9 Å². The molecular formula is C12H17FN2O2. The van der Waals surface area contributed by atoms with Crippen molar-refractivity contribution >= 4 is 5.91 Å². The zero-order valence-corrected chi connectivity index (χ0v) is 10.00. The van der Waals surface area contributed by atoms with Gasteiger partial charge in [0.05, 0.1) is 18.2 Å². The Labute approximate surface area is 100.0 Å². The topological polar surface area (TPSA) is 64.3 Å². The van der Waals surface area contributed by atoms with Gasteiger partial charge in [-0.2, -0.15) is 0 Å². The molecular weight excluding hydrogens is 223 g/mol. The lowest BCUT2D eigenvalue weighted by Crippen LogP contribution is -2.43.